The van der Waals surface area contributed by atoms with E-state index in [2.05, 4.69) is 0 Å². The summed E-state index contributed by atoms with van der Waals surface area (Å²) >= 11 is 0. The van der Waals surface area contributed by atoms with Crippen LogP contribution in [0, 0.1) is 0 Å². The number of phenolic OH excluding ortho intramolecular Hbond substituents is 3. The van der Waals surface area contributed by atoms with Crippen molar-refractivity contribution >= 4 is 17.1 Å². The molecule has 0 aliphatic rings. The van der Waals surface area contributed by atoms with Crippen molar-refractivity contribution in [3.63, 3.8) is 0 Å². The van der Waals surface area contributed by atoms with Gasteiger partial charge in [-0.25, -0.2) is 0 Å². The van der Waals surface area contributed by atoms with Gasteiger partial charge in [-0.1, -0.05) is 18.2 Å². The molecule has 110 valence electrons. The van der Waals surface area contributed by atoms with Crippen LogP contribution in [0.4, 0.5) is 17.1 Å². The Hall–Kier alpha value is -3.14. The predicted molar refractivity (Wildman–Crippen MR) is 86.1 cm³/mol. The lowest BCUT2D eigenvalue weighted by molar-refractivity contribution is 0.475. The molecular weight excluding hydrogens is 278 g/mol. The molecule has 0 amide bonds. The highest BCUT2D eigenvalue weighted by Crippen LogP contribution is 2.37. The molecule has 0 unspecified atom stereocenters. The molecule has 0 atom stereocenters. The van der Waals surface area contributed by atoms with Crippen molar-refractivity contribution in [2.45, 2.75) is 0 Å². The summed E-state index contributed by atoms with van der Waals surface area (Å²) in [5.74, 6) is 0.424. The third-order valence-corrected chi connectivity index (χ3v) is 3.26. The lowest BCUT2D eigenvalue weighted by Gasteiger charge is -2.25. The van der Waals surface area contributed by atoms with E-state index in [1.807, 2.05) is 23.1 Å². The van der Waals surface area contributed by atoms with E-state index in [-0.39, 0.29) is 17.2 Å². The van der Waals surface area contributed by atoms with Gasteiger partial charge in [0, 0.05) is 35.3 Å². The van der Waals surface area contributed by atoms with Crippen LogP contribution in [0.25, 0.3) is 0 Å². The van der Waals surface area contributed by atoms with Gasteiger partial charge in [0.05, 0.1) is 0 Å². The minimum absolute atomic E-state index is 0.141. The molecule has 22 heavy (non-hydrogen) atoms. The molecule has 0 saturated heterocycles. The first-order chi connectivity index (χ1) is 10.6. The van der Waals surface area contributed by atoms with Crippen LogP contribution in [-0.4, -0.2) is 15.3 Å². The fourth-order valence-electron chi connectivity index (χ4n) is 2.34. The van der Waals surface area contributed by atoms with Gasteiger partial charge in [-0.15, -0.1) is 0 Å². The third kappa shape index (κ3) is 2.81. The van der Waals surface area contributed by atoms with Gasteiger partial charge in [0.2, 0.25) is 0 Å². The Balaban J connectivity index is 2.18. The summed E-state index contributed by atoms with van der Waals surface area (Å²) in [5, 5.41) is 29.2. The lowest BCUT2D eigenvalue weighted by Crippen LogP contribution is -2.09. The zero-order valence-electron chi connectivity index (χ0n) is 11.7. The Kier molecular flexibility index (Phi) is 3.58. The highest BCUT2D eigenvalue weighted by Gasteiger charge is 2.13. The highest BCUT2D eigenvalue weighted by molar-refractivity contribution is 5.78. The smallest absolute Gasteiger partial charge is 0.117 e. The second-order valence-electron chi connectivity index (χ2n) is 4.89. The first-order valence-corrected chi connectivity index (χ1v) is 6.81. The van der Waals surface area contributed by atoms with Crippen molar-refractivity contribution < 1.29 is 15.3 Å². The standard InChI is InChI=1S/C18H15NO3/c20-16-7-1-4-13(10-16)19(14-5-2-8-17(21)11-14)15-6-3-9-18(22)12-15/h1-12,20-22H. The van der Waals surface area contributed by atoms with Crippen LogP contribution in [0.2, 0.25) is 0 Å². The molecule has 0 spiro atoms. The summed E-state index contributed by atoms with van der Waals surface area (Å²) in [5.41, 5.74) is 2.16. The van der Waals surface area contributed by atoms with Crippen molar-refractivity contribution in [1.29, 1.82) is 0 Å². The Morgan fingerprint density at radius 2 is 0.818 bits per heavy atom. The van der Waals surface area contributed by atoms with E-state index in [0.717, 1.165) is 17.1 Å². The Morgan fingerprint density at radius 3 is 1.09 bits per heavy atom. The van der Waals surface area contributed by atoms with Crippen molar-refractivity contribution in [3.8, 4) is 17.2 Å². The van der Waals surface area contributed by atoms with Crippen molar-refractivity contribution in [3.05, 3.63) is 72.8 Å². The maximum atomic E-state index is 9.74. The average Bonchev–Trinajstić information content (AvgIpc) is 2.48. The number of rotatable bonds is 3. The van der Waals surface area contributed by atoms with Crippen molar-refractivity contribution in [2.75, 3.05) is 4.90 Å². The van der Waals surface area contributed by atoms with E-state index in [9.17, 15) is 15.3 Å². The Labute approximate surface area is 128 Å². The second-order valence-corrected chi connectivity index (χ2v) is 4.89. The third-order valence-electron chi connectivity index (χ3n) is 3.26. The molecule has 0 radical (unpaired) electrons. The summed E-state index contributed by atoms with van der Waals surface area (Å²) in [6, 6.07) is 20.4. The van der Waals surface area contributed by atoms with E-state index >= 15 is 0 Å². The van der Waals surface area contributed by atoms with Crippen LogP contribution >= 0.6 is 0 Å². The minimum atomic E-state index is 0.141. The van der Waals surface area contributed by atoms with Crippen LogP contribution in [-0.2, 0) is 0 Å². The summed E-state index contributed by atoms with van der Waals surface area (Å²) in [4.78, 5) is 1.83. The number of nitrogens with zero attached hydrogens (tertiary/aromatic N) is 1. The monoisotopic (exact) mass is 293 g/mol. The molecule has 0 aliphatic carbocycles. The Bertz CT molecular complexity index is 693. The van der Waals surface area contributed by atoms with Gasteiger partial charge in [-0.3, -0.25) is 0 Å². The SMILES string of the molecule is Oc1cccc(N(c2cccc(O)c2)c2cccc(O)c2)c1. The van der Waals surface area contributed by atoms with Gasteiger partial charge in [0.1, 0.15) is 17.2 Å². The van der Waals surface area contributed by atoms with Crippen LogP contribution in [0.3, 0.4) is 0 Å². The molecule has 4 heteroatoms. The molecule has 0 heterocycles. The molecule has 0 saturated carbocycles. The van der Waals surface area contributed by atoms with Gasteiger partial charge in [-0.2, -0.15) is 0 Å². The zero-order chi connectivity index (χ0) is 15.5. The maximum absolute atomic E-state index is 9.74. The minimum Gasteiger partial charge on any atom is -0.508 e. The predicted octanol–water partition coefficient (Wildman–Crippen LogP) is 4.27. The topological polar surface area (TPSA) is 63.9 Å². The van der Waals surface area contributed by atoms with Crippen molar-refractivity contribution in [2.24, 2.45) is 0 Å². The van der Waals surface area contributed by atoms with Gasteiger partial charge >= 0.3 is 0 Å². The number of hydrogen-bond acceptors (Lipinski definition) is 4. The number of aromatic hydroxyl groups is 3. The molecule has 3 rings (SSSR count). The number of anilines is 3. The van der Waals surface area contributed by atoms with Crippen LogP contribution in [0.15, 0.2) is 72.8 Å². The normalized spacial score (nSPS) is 10.4. The number of benzene rings is 3. The Morgan fingerprint density at radius 1 is 0.500 bits per heavy atom. The van der Waals surface area contributed by atoms with Gasteiger partial charge < -0.3 is 20.2 Å². The van der Waals surface area contributed by atoms with Crippen molar-refractivity contribution in [1.82, 2.24) is 0 Å². The summed E-state index contributed by atoms with van der Waals surface area (Å²) < 4.78 is 0. The molecular formula is C18H15NO3. The quantitative estimate of drug-likeness (QED) is 0.674. The molecule has 3 aromatic carbocycles. The van der Waals surface area contributed by atoms with E-state index < -0.39 is 0 Å². The fourth-order valence-corrected chi connectivity index (χ4v) is 2.34. The summed E-state index contributed by atoms with van der Waals surface area (Å²) in [6.07, 6.45) is 0. The molecule has 0 aliphatic heterocycles. The zero-order valence-corrected chi connectivity index (χ0v) is 11.7. The first-order valence-electron chi connectivity index (χ1n) is 6.81. The van der Waals surface area contributed by atoms with Gasteiger partial charge in [0.15, 0.2) is 0 Å². The molecule has 3 N–H and O–H groups in total. The molecule has 0 bridgehead atoms. The number of phenols is 3. The van der Waals surface area contributed by atoms with E-state index in [1.54, 1.807) is 54.6 Å². The maximum Gasteiger partial charge on any atom is 0.117 e. The molecule has 0 fully saturated rings. The van der Waals surface area contributed by atoms with E-state index in [0.29, 0.717) is 0 Å². The lowest BCUT2D eigenvalue weighted by atomic mass is 10.2. The van der Waals surface area contributed by atoms with E-state index in [1.165, 1.54) is 0 Å². The first kappa shape index (κ1) is 13.8. The summed E-state index contributed by atoms with van der Waals surface area (Å²) in [7, 11) is 0. The van der Waals surface area contributed by atoms with Crippen LogP contribution in [0.5, 0.6) is 17.2 Å². The molecule has 3 aromatic rings. The van der Waals surface area contributed by atoms with Crippen LogP contribution < -0.4 is 4.90 Å². The molecule has 0 aromatic heterocycles. The number of hydrogen-bond donors (Lipinski definition) is 3. The van der Waals surface area contributed by atoms with Gasteiger partial charge in [0.25, 0.3) is 0 Å². The van der Waals surface area contributed by atoms with Gasteiger partial charge in [-0.05, 0) is 36.4 Å². The van der Waals surface area contributed by atoms with Crippen LogP contribution in [0.1, 0.15) is 0 Å². The molecule has 4 nitrogen and oxygen atoms in total. The summed E-state index contributed by atoms with van der Waals surface area (Å²) in [6.45, 7) is 0. The largest absolute Gasteiger partial charge is 0.508 e. The average molecular weight is 293 g/mol. The second kappa shape index (κ2) is 5.69. The highest BCUT2D eigenvalue weighted by atomic mass is 16.3. The van der Waals surface area contributed by atoms with E-state index in [4.69, 9.17) is 0 Å². The fraction of sp³-hybridized carbons (Fsp3) is 0.